The van der Waals surface area contributed by atoms with Gasteiger partial charge in [0.25, 0.3) is 0 Å². The molecule has 0 atom stereocenters. The first-order valence-corrected chi connectivity index (χ1v) is 5.32. The van der Waals surface area contributed by atoms with Crippen molar-refractivity contribution in [3.05, 3.63) is 42.2 Å². The quantitative estimate of drug-likeness (QED) is 0.825. The third kappa shape index (κ3) is 2.53. The van der Waals surface area contributed by atoms with E-state index in [9.17, 15) is 5.11 Å². The molecule has 1 heterocycles. The molecule has 2 rings (SSSR count). The van der Waals surface area contributed by atoms with Crippen LogP contribution < -0.4 is 5.32 Å². The second kappa shape index (κ2) is 4.70. The van der Waals surface area contributed by atoms with Gasteiger partial charge in [0.1, 0.15) is 5.75 Å². The summed E-state index contributed by atoms with van der Waals surface area (Å²) >= 11 is 0. The average Bonchev–Trinajstić information content (AvgIpc) is 2.74. The summed E-state index contributed by atoms with van der Waals surface area (Å²) in [5.41, 5.74) is 2.04. The Hall–Kier alpha value is -1.97. The monoisotopic (exact) mass is 217 g/mol. The topological polar surface area (TPSA) is 50.1 Å². The van der Waals surface area contributed by atoms with Crippen LogP contribution in [0.2, 0.25) is 0 Å². The van der Waals surface area contributed by atoms with Crippen LogP contribution in [0.25, 0.3) is 0 Å². The van der Waals surface area contributed by atoms with Gasteiger partial charge in [0.05, 0.1) is 6.20 Å². The van der Waals surface area contributed by atoms with Crippen molar-refractivity contribution in [1.82, 2.24) is 9.78 Å². The number of aryl methyl sites for hydroxylation is 1. The maximum absolute atomic E-state index is 9.30. The van der Waals surface area contributed by atoms with Crippen LogP contribution in [0.1, 0.15) is 12.5 Å². The fraction of sp³-hybridized carbons (Fsp3) is 0.250. The predicted octanol–water partition coefficient (Wildman–Crippen LogP) is 2.22. The van der Waals surface area contributed by atoms with E-state index in [0.29, 0.717) is 6.54 Å². The van der Waals surface area contributed by atoms with Crippen molar-refractivity contribution in [2.75, 3.05) is 5.32 Å². The predicted molar refractivity (Wildman–Crippen MR) is 63.3 cm³/mol. The minimum absolute atomic E-state index is 0.272. The van der Waals surface area contributed by atoms with E-state index in [0.717, 1.165) is 17.8 Å². The van der Waals surface area contributed by atoms with Crippen LogP contribution in [0.15, 0.2) is 36.7 Å². The summed E-state index contributed by atoms with van der Waals surface area (Å²) in [5, 5.41) is 16.7. The number of hydrogen-bond acceptors (Lipinski definition) is 3. The SMILES string of the molecule is CCn1cc(CNc2cccc(O)c2)cn1. The fourth-order valence-electron chi connectivity index (χ4n) is 1.49. The zero-order valence-electron chi connectivity index (χ0n) is 9.22. The Kier molecular flexibility index (Phi) is 3.10. The lowest BCUT2D eigenvalue weighted by Crippen LogP contribution is -1.98. The Balaban J connectivity index is 1.96. The van der Waals surface area contributed by atoms with Gasteiger partial charge in [0.2, 0.25) is 0 Å². The summed E-state index contributed by atoms with van der Waals surface area (Å²) in [6.07, 6.45) is 3.86. The van der Waals surface area contributed by atoms with Gasteiger partial charge in [-0.3, -0.25) is 4.68 Å². The van der Waals surface area contributed by atoms with Gasteiger partial charge in [-0.05, 0) is 19.1 Å². The van der Waals surface area contributed by atoms with Gasteiger partial charge in [0, 0.05) is 36.6 Å². The van der Waals surface area contributed by atoms with Crippen LogP contribution >= 0.6 is 0 Å². The molecule has 0 aliphatic rings. The molecule has 84 valence electrons. The Bertz CT molecular complexity index is 465. The van der Waals surface area contributed by atoms with Gasteiger partial charge < -0.3 is 10.4 Å². The van der Waals surface area contributed by atoms with Crippen molar-refractivity contribution < 1.29 is 5.11 Å². The summed E-state index contributed by atoms with van der Waals surface area (Å²) in [4.78, 5) is 0. The van der Waals surface area contributed by atoms with Gasteiger partial charge in [0.15, 0.2) is 0 Å². The summed E-state index contributed by atoms with van der Waals surface area (Å²) in [5.74, 6) is 0.272. The molecule has 4 heteroatoms. The second-order valence-corrected chi connectivity index (χ2v) is 3.61. The van der Waals surface area contributed by atoms with E-state index in [2.05, 4.69) is 17.3 Å². The largest absolute Gasteiger partial charge is 0.508 e. The molecule has 0 aliphatic carbocycles. The van der Waals surface area contributed by atoms with Crippen LogP contribution in [0, 0.1) is 0 Å². The molecule has 1 aromatic carbocycles. The molecule has 0 unspecified atom stereocenters. The Morgan fingerprint density at radius 3 is 3.00 bits per heavy atom. The third-order valence-corrected chi connectivity index (χ3v) is 2.35. The van der Waals surface area contributed by atoms with Crippen LogP contribution in [0.4, 0.5) is 5.69 Å². The lowest BCUT2D eigenvalue weighted by molar-refractivity contribution is 0.475. The fourth-order valence-corrected chi connectivity index (χ4v) is 1.49. The Labute approximate surface area is 94.5 Å². The molecule has 0 amide bonds. The summed E-state index contributed by atoms with van der Waals surface area (Å²) in [6.45, 7) is 3.65. The Morgan fingerprint density at radius 1 is 1.44 bits per heavy atom. The lowest BCUT2D eigenvalue weighted by Gasteiger charge is -2.04. The molecule has 16 heavy (non-hydrogen) atoms. The number of rotatable bonds is 4. The van der Waals surface area contributed by atoms with Crippen LogP contribution in [0.3, 0.4) is 0 Å². The van der Waals surface area contributed by atoms with Crippen molar-refractivity contribution in [3.8, 4) is 5.75 Å². The zero-order chi connectivity index (χ0) is 11.4. The number of phenols is 1. The maximum Gasteiger partial charge on any atom is 0.117 e. The maximum atomic E-state index is 9.30. The van der Waals surface area contributed by atoms with Crippen molar-refractivity contribution >= 4 is 5.69 Å². The minimum Gasteiger partial charge on any atom is -0.508 e. The number of nitrogens with zero attached hydrogens (tertiary/aromatic N) is 2. The molecule has 0 saturated heterocycles. The van der Waals surface area contributed by atoms with E-state index < -0.39 is 0 Å². The molecule has 0 radical (unpaired) electrons. The van der Waals surface area contributed by atoms with E-state index >= 15 is 0 Å². The molecule has 4 nitrogen and oxygen atoms in total. The molecule has 0 spiro atoms. The number of nitrogens with one attached hydrogen (secondary N) is 1. The molecular formula is C12H15N3O. The van der Waals surface area contributed by atoms with E-state index in [1.54, 1.807) is 12.1 Å². The number of aromatic nitrogens is 2. The number of aromatic hydroxyl groups is 1. The molecule has 1 aromatic heterocycles. The summed E-state index contributed by atoms with van der Waals surface area (Å²) in [7, 11) is 0. The number of anilines is 1. The molecule has 0 aliphatic heterocycles. The summed E-state index contributed by atoms with van der Waals surface area (Å²) in [6, 6.07) is 7.08. The van der Waals surface area contributed by atoms with E-state index in [-0.39, 0.29) is 5.75 Å². The molecule has 2 N–H and O–H groups in total. The first-order chi connectivity index (χ1) is 7.78. The smallest absolute Gasteiger partial charge is 0.117 e. The average molecular weight is 217 g/mol. The highest BCUT2D eigenvalue weighted by Crippen LogP contribution is 2.16. The Morgan fingerprint density at radius 2 is 2.31 bits per heavy atom. The van der Waals surface area contributed by atoms with Gasteiger partial charge >= 0.3 is 0 Å². The normalized spacial score (nSPS) is 10.3. The molecule has 2 aromatic rings. The third-order valence-electron chi connectivity index (χ3n) is 2.35. The van der Waals surface area contributed by atoms with Gasteiger partial charge in [-0.2, -0.15) is 5.10 Å². The van der Waals surface area contributed by atoms with Crippen molar-refractivity contribution in [2.45, 2.75) is 20.0 Å². The molecular weight excluding hydrogens is 202 g/mol. The van der Waals surface area contributed by atoms with E-state index in [1.807, 2.05) is 29.2 Å². The van der Waals surface area contributed by atoms with E-state index in [4.69, 9.17) is 0 Å². The molecule has 0 saturated carbocycles. The van der Waals surface area contributed by atoms with Gasteiger partial charge in [-0.1, -0.05) is 6.07 Å². The van der Waals surface area contributed by atoms with Gasteiger partial charge in [-0.25, -0.2) is 0 Å². The van der Waals surface area contributed by atoms with E-state index in [1.165, 1.54) is 0 Å². The molecule has 0 bridgehead atoms. The number of benzene rings is 1. The first-order valence-electron chi connectivity index (χ1n) is 5.32. The van der Waals surface area contributed by atoms with Crippen molar-refractivity contribution in [1.29, 1.82) is 0 Å². The highest BCUT2D eigenvalue weighted by atomic mass is 16.3. The first kappa shape index (κ1) is 10.5. The van der Waals surface area contributed by atoms with Crippen molar-refractivity contribution in [3.63, 3.8) is 0 Å². The van der Waals surface area contributed by atoms with Gasteiger partial charge in [-0.15, -0.1) is 0 Å². The number of hydrogen-bond donors (Lipinski definition) is 2. The van der Waals surface area contributed by atoms with Crippen LogP contribution in [-0.2, 0) is 13.1 Å². The standard InChI is InChI=1S/C12H15N3O/c1-2-15-9-10(8-14-15)7-13-11-4-3-5-12(16)6-11/h3-6,8-9,13,16H,2,7H2,1H3. The molecule has 0 fully saturated rings. The summed E-state index contributed by atoms with van der Waals surface area (Å²) < 4.78 is 1.89. The minimum atomic E-state index is 0.272. The highest BCUT2D eigenvalue weighted by molar-refractivity contribution is 5.47. The number of phenolic OH excluding ortho intramolecular Hbond substituents is 1. The van der Waals surface area contributed by atoms with Crippen molar-refractivity contribution in [2.24, 2.45) is 0 Å². The zero-order valence-corrected chi connectivity index (χ0v) is 9.22. The lowest BCUT2D eigenvalue weighted by atomic mass is 10.3. The van der Waals surface area contributed by atoms with Crippen LogP contribution in [0.5, 0.6) is 5.75 Å². The second-order valence-electron chi connectivity index (χ2n) is 3.61. The van der Waals surface area contributed by atoms with Crippen LogP contribution in [-0.4, -0.2) is 14.9 Å². The highest BCUT2D eigenvalue weighted by Gasteiger charge is 1.98.